The number of aromatic nitrogens is 2. The summed E-state index contributed by atoms with van der Waals surface area (Å²) in [4.78, 5) is 27.4. The minimum atomic E-state index is -3.86. The molecule has 25 heavy (non-hydrogen) atoms. The van der Waals surface area contributed by atoms with Crippen molar-refractivity contribution >= 4 is 51.3 Å². The SMILES string of the molecule is O=C(NCc1ncc[nH]1)c1ccc2sc(C(F)(F)[P+](=O)O)c(Br)c2c1. The molecule has 1 amide bonds. The zero-order valence-electron chi connectivity index (χ0n) is 12.3. The van der Waals surface area contributed by atoms with Crippen molar-refractivity contribution in [2.75, 3.05) is 0 Å². The maximum Gasteiger partial charge on any atom is 0.590 e. The van der Waals surface area contributed by atoms with Crippen LogP contribution >= 0.6 is 35.3 Å². The Kier molecular flexibility index (Phi) is 4.97. The van der Waals surface area contributed by atoms with Crippen LogP contribution in [0.3, 0.4) is 0 Å². The van der Waals surface area contributed by atoms with Gasteiger partial charge in [-0.05, 0) is 38.7 Å². The highest BCUT2D eigenvalue weighted by molar-refractivity contribution is 9.10. The van der Waals surface area contributed by atoms with Gasteiger partial charge in [0.05, 0.1) is 11.0 Å². The van der Waals surface area contributed by atoms with E-state index in [0.29, 0.717) is 27.2 Å². The van der Waals surface area contributed by atoms with E-state index >= 15 is 0 Å². The van der Waals surface area contributed by atoms with E-state index in [9.17, 15) is 18.1 Å². The number of hydrogen-bond acceptors (Lipinski definition) is 4. The Labute approximate surface area is 153 Å². The molecule has 3 N–H and O–H groups in total. The van der Waals surface area contributed by atoms with Crippen LogP contribution in [0.4, 0.5) is 8.78 Å². The summed E-state index contributed by atoms with van der Waals surface area (Å²) >= 11 is 3.76. The van der Waals surface area contributed by atoms with Crippen molar-refractivity contribution in [2.45, 2.75) is 12.2 Å². The maximum absolute atomic E-state index is 13.9. The molecule has 0 fully saturated rings. The summed E-state index contributed by atoms with van der Waals surface area (Å²) in [5.41, 5.74) is -3.58. The van der Waals surface area contributed by atoms with Crippen LogP contribution in [0.25, 0.3) is 10.1 Å². The first-order valence-corrected chi connectivity index (χ1v) is 9.66. The second kappa shape index (κ2) is 6.87. The third-order valence-electron chi connectivity index (χ3n) is 3.37. The fourth-order valence-corrected chi connectivity index (χ4v) is 4.86. The van der Waals surface area contributed by atoms with Crippen molar-refractivity contribution in [3.05, 3.63) is 51.3 Å². The molecule has 0 spiro atoms. The lowest BCUT2D eigenvalue weighted by Crippen LogP contribution is -2.23. The number of rotatable bonds is 5. The molecule has 0 aliphatic heterocycles. The quantitative estimate of drug-likeness (QED) is 0.512. The number of hydrogen-bond donors (Lipinski definition) is 3. The second-order valence-corrected chi connectivity index (χ2v) is 7.94. The first kappa shape index (κ1) is 18.1. The molecular formula is C14H10BrF2N3O3PS+. The number of H-pyrrole nitrogens is 1. The van der Waals surface area contributed by atoms with Gasteiger partial charge >= 0.3 is 13.7 Å². The summed E-state index contributed by atoms with van der Waals surface area (Å²) in [7, 11) is -3.71. The highest BCUT2D eigenvalue weighted by Crippen LogP contribution is 2.54. The number of nitrogens with zero attached hydrogens (tertiary/aromatic N) is 1. The van der Waals surface area contributed by atoms with Gasteiger partial charge in [0.1, 0.15) is 10.7 Å². The number of aromatic amines is 1. The van der Waals surface area contributed by atoms with E-state index in [1.165, 1.54) is 18.2 Å². The Balaban J connectivity index is 1.90. The smallest absolute Gasteiger partial charge is 0.347 e. The molecule has 3 rings (SSSR count). The molecule has 1 atom stereocenters. The van der Waals surface area contributed by atoms with Crippen LogP contribution in [0.2, 0.25) is 0 Å². The third-order valence-corrected chi connectivity index (χ3v) is 6.56. The predicted molar refractivity (Wildman–Crippen MR) is 93.0 cm³/mol. The van der Waals surface area contributed by atoms with Crippen molar-refractivity contribution in [1.82, 2.24) is 15.3 Å². The van der Waals surface area contributed by atoms with Crippen molar-refractivity contribution in [2.24, 2.45) is 0 Å². The lowest BCUT2D eigenvalue weighted by Gasteiger charge is -2.04. The van der Waals surface area contributed by atoms with Gasteiger partial charge in [-0.3, -0.25) is 4.79 Å². The zero-order chi connectivity index (χ0) is 18.2. The third kappa shape index (κ3) is 3.48. The molecule has 130 valence electrons. The Hall–Kier alpha value is -1.74. The van der Waals surface area contributed by atoms with E-state index in [4.69, 9.17) is 4.89 Å². The minimum Gasteiger partial charge on any atom is -0.347 e. The number of alkyl halides is 2. The molecule has 0 bridgehead atoms. The fraction of sp³-hybridized carbons (Fsp3) is 0.143. The maximum atomic E-state index is 13.9. The summed E-state index contributed by atoms with van der Waals surface area (Å²) in [6.45, 7) is 0.197. The molecule has 1 aromatic carbocycles. The zero-order valence-corrected chi connectivity index (χ0v) is 15.6. The topological polar surface area (TPSA) is 95.1 Å². The van der Waals surface area contributed by atoms with E-state index in [0.717, 1.165) is 0 Å². The predicted octanol–water partition coefficient (Wildman–Crippen LogP) is 4.10. The number of imidazole rings is 1. The number of carbonyl (C=O) groups excluding carboxylic acids is 1. The summed E-state index contributed by atoms with van der Waals surface area (Å²) in [5, 5.41) is 3.04. The molecule has 0 saturated heterocycles. The summed E-state index contributed by atoms with van der Waals surface area (Å²) in [6, 6.07) is 4.48. The number of amides is 1. The molecule has 0 aliphatic carbocycles. The summed E-state index contributed by atoms with van der Waals surface area (Å²) < 4.78 is 39.2. The first-order valence-electron chi connectivity index (χ1n) is 6.83. The Morgan fingerprint density at radius 1 is 1.48 bits per heavy atom. The van der Waals surface area contributed by atoms with Crippen LogP contribution < -0.4 is 5.32 Å². The number of carbonyl (C=O) groups is 1. The van der Waals surface area contributed by atoms with Gasteiger partial charge in [0.2, 0.25) is 0 Å². The summed E-state index contributed by atoms with van der Waals surface area (Å²) in [6.07, 6.45) is 3.19. The van der Waals surface area contributed by atoms with Gasteiger partial charge in [-0.1, -0.05) is 0 Å². The van der Waals surface area contributed by atoms with Crippen LogP contribution in [0.5, 0.6) is 0 Å². The lowest BCUT2D eigenvalue weighted by molar-refractivity contribution is 0.0849. The fourth-order valence-electron chi connectivity index (χ4n) is 2.15. The van der Waals surface area contributed by atoms with E-state index in [2.05, 4.69) is 31.2 Å². The van der Waals surface area contributed by atoms with Crippen molar-refractivity contribution in [1.29, 1.82) is 0 Å². The largest absolute Gasteiger partial charge is 0.590 e. The van der Waals surface area contributed by atoms with Gasteiger partial charge in [0.25, 0.3) is 5.91 Å². The second-order valence-electron chi connectivity index (χ2n) is 4.99. The molecule has 0 aliphatic rings. The van der Waals surface area contributed by atoms with E-state index in [1.54, 1.807) is 12.4 Å². The molecule has 6 nitrogen and oxygen atoms in total. The molecule has 11 heteroatoms. The summed E-state index contributed by atoms with van der Waals surface area (Å²) in [5.74, 6) is 0.192. The average molecular weight is 449 g/mol. The average Bonchev–Trinajstić information content (AvgIpc) is 3.20. The Morgan fingerprint density at radius 2 is 2.24 bits per heavy atom. The lowest BCUT2D eigenvalue weighted by atomic mass is 10.1. The van der Waals surface area contributed by atoms with Crippen molar-refractivity contribution < 1.29 is 23.0 Å². The van der Waals surface area contributed by atoms with Gasteiger partial charge in [-0.15, -0.1) is 20.1 Å². The van der Waals surface area contributed by atoms with Crippen LogP contribution in [0.15, 0.2) is 35.1 Å². The van der Waals surface area contributed by atoms with Crippen molar-refractivity contribution in [3.63, 3.8) is 0 Å². The van der Waals surface area contributed by atoms with Crippen LogP contribution in [-0.2, 0) is 16.8 Å². The first-order chi connectivity index (χ1) is 11.8. The number of benzene rings is 1. The van der Waals surface area contributed by atoms with Gasteiger partial charge in [-0.2, -0.15) is 4.89 Å². The monoisotopic (exact) mass is 448 g/mol. The highest BCUT2D eigenvalue weighted by atomic mass is 79.9. The number of halogens is 3. The van der Waals surface area contributed by atoms with E-state index in [-0.39, 0.29) is 16.6 Å². The normalized spacial score (nSPS) is 12.4. The van der Waals surface area contributed by atoms with Gasteiger partial charge in [0, 0.05) is 28.0 Å². The van der Waals surface area contributed by atoms with Crippen LogP contribution in [0, 0.1) is 0 Å². The highest BCUT2D eigenvalue weighted by Gasteiger charge is 2.56. The van der Waals surface area contributed by atoms with Crippen LogP contribution in [-0.4, -0.2) is 20.8 Å². The Morgan fingerprint density at radius 3 is 2.88 bits per heavy atom. The van der Waals surface area contributed by atoms with Crippen molar-refractivity contribution in [3.8, 4) is 0 Å². The van der Waals surface area contributed by atoms with E-state index < -0.39 is 24.5 Å². The molecule has 3 aromatic rings. The molecule has 2 heterocycles. The van der Waals surface area contributed by atoms with Gasteiger partial charge in [-0.25, -0.2) is 4.98 Å². The number of thiophene rings is 1. The standard InChI is InChI=1S/C14H9BrF2N3O3PS/c15-11-8-5-7(13(21)20-6-10-18-3-4-19-10)1-2-9(8)25-12(11)14(16,17)24(22)23/h1-5H,6H2,(H2-,18,19,20,21,22,23)/p+1. The minimum absolute atomic E-state index is 0.00980. The molecule has 0 radical (unpaired) electrons. The molecule has 1 unspecified atom stereocenters. The Bertz CT molecular complexity index is 962. The number of nitrogens with one attached hydrogen (secondary N) is 2. The molecular weight excluding hydrogens is 439 g/mol. The van der Waals surface area contributed by atoms with Gasteiger partial charge in [0.15, 0.2) is 0 Å². The molecule has 2 aromatic heterocycles. The van der Waals surface area contributed by atoms with Crippen LogP contribution in [0.1, 0.15) is 21.1 Å². The number of fused-ring (bicyclic) bond motifs is 1. The molecule has 0 saturated carbocycles. The van der Waals surface area contributed by atoms with E-state index in [1.807, 2.05) is 0 Å². The van der Waals surface area contributed by atoms with Gasteiger partial charge < -0.3 is 10.3 Å².